The predicted octanol–water partition coefficient (Wildman–Crippen LogP) is 2.31. The molecule has 1 atom stereocenters. The van der Waals surface area contributed by atoms with E-state index in [1.165, 1.54) is 17.2 Å². The smallest absolute Gasteiger partial charge is 0.0572 e. The number of nitrogens with one attached hydrogen (secondary N) is 1. The summed E-state index contributed by atoms with van der Waals surface area (Å²) in [5.41, 5.74) is 2.39. The normalized spacial score (nSPS) is 18.1. The van der Waals surface area contributed by atoms with Crippen LogP contribution in [0.5, 0.6) is 0 Å². The van der Waals surface area contributed by atoms with Crippen molar-refractivity contribution in [1.29, 1.82) is 0 Å². The molecular formula is C13H21N3S. The molecule has 2 rings (SSSR count). The van der Waals surface area contributed by atoms with Crippen molar-refractivity contribution >= 4 is 17.4 Å². The van der Waals surface area contributed by atoms with Crippen LogP contribution in [-0.4, -0.2) is 36.1 Å². The van der Waals surface area contributed by atoms with Gasteiger partial charge in [0, 0.05) is 30.6 Å². The molecule has 3 nitrogen and oxygen atoms in total. The van der Waals surface area contributed by atoms with Crippen molar-refractivity contribution in [3.05, 3.63) is 24.0 Å². The second kappa shape index (κ2) is 6.26. The average Bonchev–Trinajstić information content (AvgIpc) is 2.40. The lowest BCUT2D eigenvalue weighted by Crippen LogP contribution is -2.32. The van der Waals surface area contributed by atoms with Gasteiger partial charge in [0.1, 0.15) is 0 Å². The van der Waals surface area contributed by atoms with Crippen molar-refractivity contribution in [2.24, 2.45) is 0 Å². The van der Waals surface area contributed by atoms with Gasteiger partial charge >= 0.3 is 0 Å². The number of nitrogens with zero attached hydrogens (tertiary/aromatic N) is 2. The Morgan fingerprint density at radius 3 is 2.76 bits per heavy atom. The second-order valence-corrected chi connectivity index (χ2v) is 5.54. The second-order valence-electron chi connectivity index (χ2n) is 4.32. The van der Waals surface area contributed by atoms with Gasteiger partial charge < -0.3 is 10.2 Å². The molecule has 1 saturated heterocycles. The molecule has 1 fully saturated rings. The van der Waals surface area contributed by atoms with E-state index in [4.69, 9.17) is 0 Å². The number of hydrogen-bond acceptors (Lipinski definition) is 4. The van der Waals surface area contributed by atoms with Gasteiger partial charge in [-0.1, -0.05) is 6.92 Å². The molecule has 0 bridgehead atoms. The van der Waals surface area contributed by atoms with Crippen LogP contribution in [0.4, 0.5) is 5.69 Å². The van der Waals surface area contributed by atoms with Crippen molar-refractivity contribution < 1.29 is 0 Å². The minimum atomic E-state index is 0.339. The van der Waals surface area contributed by atoms with Gasteiger partial charge in [0.25, 0.3) is 0 Å². The Morgan fingerprint density at radius 1 is 1.41 bits per heavy atom. The van der Waals surface area contributed by atoms with Gasteiger partial charge in [0.2, 0.25) is 0 Å². The molecule has 4 heteroatoms. The van der Waals surface area contributed by atoms with Crippen LogP contribution in [0.2, 0.25) is 0 Å². The lowest BCUT2D eigenvalue weighted by atomic mass is 10.2. The molecular weight excluding hydrogens is 230 g/mol. The van der Waals surface area contributed by atoms with Gasteiger partial charge in [-0.2, -0.15) is 11.8 Å². The summed E-state index contributed by atoms with van der Waals surface area (Å²) in [5.74, 6) is 2.46. The summed E-state index contributed by atoms with van der Waals surface area (Å²) in [6.45, 7) is 7.55. The van der Waals surface area contributed by atoms with Gasteiger partial charge in [-0.15, -0.1) is 0 Å². The molecule has 1 unspecified atom stereocenters. The minimum Gasteiger partial charge on any atom is -0.369 e. The fourth-order valence-electron chi connectivity index (χ4n) is 2.07. The standard InChI is InChI=1S/C13H21N3S/c1-3-14-11(2)13-5-4-12(10-15-13)16-6-8-17-9-7-16/h4-5,10-11,14H,3,6-9H2,1-2H3. The summed E-state index contributed by atoms with van der Waals surface area (Å²) in [6.07, 6.45) is 2.01. The number of aromatic nitrogens is 1. The Balaban J connectivity index is 2.01. The Hall–Kier alpha value is -0.740. The van der Waals surface area contributed by atoms with E-state index in [-0.39, 0.29) is 0 Å². The monoisotopic (exact) mass is 251 g/mol. The molecule has 1 aliphatic heterocycles. The molecule has 0 amide bonds. The van der Waals surface area contributed by atoms with E-state index < -0.39 is 0 Å². The third-order valence-electron chi connectivity index (χ3n) is 3.10. The molecule has 0 saturated carbocycles. The molecule has 17 heavy (non-hydrogen) atoms. The molecule has 0 spiro atoms. The molecule has 0 aromatic carbocycles. The highest BCUT2D eigenvalue weighted by Crippen LogP contribution is 2.20. The lowest BCUT2D eigenvalue weighted by Gasteiger charge is -2.28. The van der Waals surface area contributed by atoms with E-state index in [1.54, 1.807) is 0 Å². The molecule has 0 radical (unpaired) electrons. The van der Waals surface area contributed by atoms with Gasteiger partial charge in [-0.05, 0) is 25.6 Å². The van der Waals surface area contributed by atoms with Crippen LogP contribution in [0.25, 0.3) is 0 Å². The Bertz CT molecular complexity index is 333. The van der Waals surface area contributed by atoms with E-state index in [0.717, 1.165) is 25.3 Å². The Kier molecular flexibility index (Phi) is 4.68. The summed E-state index contributed by atoms with van der Waals surface area (Å²) in [4.78, 5) is 6.98. The summed E-state index contributed by atoms with van der Waals surface area (Å²) in [7, 11) is 0. The first-order valence-corrected chi connectivity index (χ1v) is 7.48. The minimum absolute atomic E-state index is 0.339. The largest absolute Gasteiger partial charge is 0.369 e. The van der Waals surface area contributed by atoms with Crippen molar-refractivity contribution in [2.45, 2.75) is 19.9 Å². The third-order valence-corrected chi connectivity index (χ3v) is 4.04. The van der Waals surface area contributed by atoms with E-state index >= 15 is 0 Å². The van der Waals surface area contributed by atoms with Crippen molar-refractivity contribution in [3.63, 3.8) is 0 Å². The topological polar surface area (TPSA) is 28.2 Å². The number of pyridine rings is 1. The van der Waals surface area contributed by atoms with Crippen LogP contribution in [0.1, 0.15) is 25.6 Å². The number of thioether (sulfide) groups is 1. The molecule has 2 heterocycles. The molecule has 1 aromatic heterocycles. The van der Waals surface area contributed by atoms with Crippen LogP contribution >= 0.6 is 11.8 Å². The molecule has 0 aliphatic carbocycles. The molecule has 94 valence electrons. The lowest BCUT2D eigenvalue weighted by molar-refractivity contribution is 0.583. The summed E-state index contributed by atoms with van der Waals surface area (Å²) >= 11 is 2.04. The van der Waals surface area contributed by atoms with Crippen molar-refractivity contribution in [3.8, 4) is 0 Å². The predicted molar refractivity (Wildman–Crippen MR) is 75.9 cm³/mol. The van der Waals surface area contributed by atoms with Crippen LogP contribution in [0, 0.1) is 0 Å². The van der Waals surface area contributed by atoms with Gasteiger partial charge in [0.05, 0.1) is 17.6 Å². The number of rotatable bonds is 4. The van der Waals surface area contributed by atoms with E-state index in [1.807, 2.05) is 18.0 Å². The average molecular weight is 251 g/mol. The molecule has 1 aromatic rings. The maximum absolute atomic E-state index is 4.56. The number of hydrogen-bond donors (Lipinski definition) is 1. The zero-order chi connectivity index (χ0) is 12.1. The summed E-state index contributed by atoms with van der Waals surface area (Å²) in [5, 5.41) is 3.38. The Morgan fingerprint density at radius 2 is 2.18 bits per heavy atom. The highest BCUT2D eigenvalue weighted by molar-refractivity contribution is 7.99. The van der Waals surface area contributed by atoms with E-state index in [9.17, 15) is 0 Å². The first kappa shape index (κ1) is 12.7. The van der Waals surface area contributed by atoms with E-state index in [0.29, 0.717) is 6.04 Å². The molecule has 1 N–H and O–H groups in total. The fraction of sp³-hybridized carbons (Fsp3) is 0.615. The third kappa shape index (κ3) is 3.36. The maximum atomic E-state index is 4.56. The van der Waals surface area contributed by atoms with Crippen molar-refractivity contribution in [1.82, 2.24) is 10.3 Å². The quantitative estimate of drug-likeness (QED) is 0.889. The van der Waals surface area contributed by atoms with Gasteiger partial charge in [-0.25, -0.2) is 0 Å². The molecule has 1 aliphatic rings. The zero-order valence-electron chi connectivity index (χ0n) is 10.6. The van der Waals surface area contributed by atoms with Gasteiger partial charge in [-0.3, -0.25) is 4.98 Å². The highest BCUT2D eigenvalue weighted by atomic mass is 32.2. The first-order valence-electron chi connectivity index (χ1n) is 6.33. The fourth-order valence-corrected chi connectivity index (χ4v) is 2.98. The highest BCUT2D eigenvalue weighted by Gasteiger charge is 2.12. The van der Waals surface area contributed by atoms with Gasteiger partial charge in [0.15, 0.2) is 0 Å². The zero-order valence-corrected chi connectivity index (χ0v) is 11.5. The Labute approximate surface area is 108 Å². The number of anilines is 1. The van der Waals surface area contributed by atoms with Crippen molar-refractivity contribution in [2.75, 3.05) is 36.0 Å². The van der Waals surface area contributed by atoms with Crippen LogP contribution in [0.3, 0.4) is 0 Å². The maximum Gasteiger partial charge on any atom is 0.0572 e. The van der Waals surface area contributed by atoms with E-state index in [2.05, 4.69) is 41.2 Å². The van der Waals surface area contributed by atoms with Crippen LogP contribution < -0.4 is 10.2 Å². The SMILES string of the molecule is CCNC(C)c1ccc(N2CCSCC2)cn1. The first-order chi connectivity index (χ1) is 8.31. The van der Waals surface area contributed by atoms with Crippen LogP contribution in [-0.2, 0) is 0 Å². The summed E-state index contributed by atoms with van der Waals surface area (Å²) in [6, 6.07) is 4.68. The summed E-state index contributed by atoms with van der Waals surface area (Å²) < 4.78 is 0. The van der Waals surface area contributed by atoms with Crippen LogP contribution in [0.15, 0.2) is 18.3 Å².